The van der Waals surface area contributed by atoms with Crippen LogP contribution in [0.3, 0.4) is 0 Å². The van der Waals surface area contributed by atoms with Gasteiger partial charge in [0.05, 0.1) is 5.52 Å². The van der Waals surface area contributed by atoms with Crippen molar-refractivity contribution in [3.63, 3.8) is 0 Å². The van der Waals surface area contributed by atoms with Crippen molar-refractivity contribution in [1.82, 2.24) is 19.4 Å². The fourth-order valence-corrected chi connectivity index (χ4v) is 5.04. The second-order valence-corrected chi connectivity index (χ2v) is 9.66. The Morgan fingerprint density at radius 3 is 2.90 bits per heavy atom. The van der Waals surface area contributed by atoms with E-state index in [0.29, 0.717) is 10.7 Å². The van der Waals surface area contributed by atoms with Gasteiger partial charge in [-0.25, -0.2) is 4.98 Å². The molecule has 6 nitrogen and oxygen atoms in total. The number of carbonyl (C=O) groups is 1. The van der Waals surface area contributed by atoms with Gasteiger partial charge in [-0.15, -0.1) is 6.58 Å². The molecule has 29 heavy (non-hydrogen) atoms. The van der Waals surface area contributed by atoms with Crippen molar-refractivity contribution >= 4 is 43.5 Å². The maximum atomic E-state index is 12.8. The first-order chi connectivity index (χ1) is 14.0. The predicted octanol–water partition coefficient (Wildman–Crippen LogP) is 3.75. The van der Waals surface area contributed by atoms with Crippen LogP contribution in [-0.4, -0.2) is 58.5 Å². The molecular weight excluding hydrogens is 452 g/mol. The van der Waals surface area contributed by atoms with E-state index < -0.39 is 0 Å². The lowest BCUT2D eigenvalue weighted by Gasteiger charge is -2.32. The van der Waals surface area contributed by atoms with Crippen LogP contribution in [-0.2, 0) is 11.3 Å². The number of likely N-dealkylation sites (N-methyl/N-ethyl adjacent to an activating group) is 1. The SMILES string of the molecule is C=CCN(C)CCCCC1CCN(C(=O)Cn2c(=O)sc3ncc(Br)cc32)CC1. The summed E-state index contributed by atoms with van der Waals surface area (Å²) in [6.07, 6.45) is 9.40. The monoisotopic (exact) mass is 480 g/mol. The number of unbranched alkanes of at least 4 members (excludes halogenated alkanes) is 1. The number of hydrogen-bond donors (Lipinski definition) is 0. The molecule has 1 aliphatic heterocycles. The van der Waals surface area contributed by atoms with Gasteiger partial charge in [0.15, 0.2) is 0 Å². The summed E-state index contributed by atoms with van der Waals surface area (Å²) < 4.78 is 2.35. The molecule has 0 saturated carbocycles. The van der Waals surface area contributed by atoms with Crippen molar-refractivity contribution in [2.24, 2.45) is 5.92 Å². The van der Waals surface area contributed by atoms with Crippen molar-refractivity contribution in [3.8, 4) is 0 Å². The van der Waals surface area contributed by atoms with E-state index in [9.17, 15) is 9.59 Å². The molecule has 3 rings (SSSR count). The van der Waals surface area contributed by atoms with Gasteiger partial charge in [0.25, 0.3) is 0 Å². The van der Waals surface area contributed by atoms with Gasteiger partial charge >= 0.3 is 4.87 Å². The molecule has 1 saturated heterocycles. The molecule has 0 aromatic carbocycles. The topological polar surface area (TPSA) is 58.4 Å². The Morgan fingerprint density at radius 1 is 1.41 bits per heavy atom. The Morgan fingerprint density at radius 2 is 2.17 bits per heavy atom. The number of halogens is 1. The van der Waals surface area contributed by atoms with Crippen LogP contribution < -0.4 is 4.87 Å². The fourth-order valence-electron chi connectivity index (χ4n) is 3.91. The zero-order valence-electron chi connectivity index (χ0n) is 17.0. The fraction of sp³-hybridized carbons (Fsp3) is 0.571. The van der Waals surface area contributed by atoms with Crippen LogP contribution in [0, 0.1) is 5.92 Å². The molecule has 1 fully saturated rings. The van der Waals surface area contributed by atoms with Crippen LogP contribution in [0.2, 0.25) is 0 Å². The number of fused-ring (bicyclic) bond motifs is 1. The molecule has 0 bridgehead atoms. The van der Waals surface area contributed by atoms with Gasteiger partial charge in [0, 0.05) is 30.3 Å². The van der Waals surface area contributed by atoms with Crippen molar-refractivity contribution in [2.75, 3.05) is 33.2 Å². The van der Waals surface area contributed by atoms with E-state index in [0.717, 1.165) is 60.3 Å². The molecule has 2 aromatic rings. The maximum Gasteiger partial charge on any atom is 0.310 e. The number of piperidine rings is 1. The number of rotatable bonds is 9. The molecule has 0 unspecified atom stereocenters. The van der Waals surface area contributed by atoms with Gasteiger partial charge in [-0.05, 0) is 60.8 Å². The Kier molecular flexibility index (Phi) is 8.03. The summed E-state index contributed by atoms with van der Waals surface area (Å²) in [5.74, 6) is 0.727. The second kappa shape index (κ2) is 10.5. The minimum Gasteiger partial charge on any atom is -0.341 e. The Bertz CT molecular complexity index is 902. The van der Waals surface area contributed by atoms with E-state index in [2.05, 4.69) is 39.4 Å². The highest BCUT2D eigenvalue weighted by Crippen LogP contribution is 2.24. The second-order valence-electron chi connectivity index (χ2n) is 7.80. The standard InChI is InChI=1S/C21H29BrN4O2S/c1-3-9-24(2)10-5-4-6-16-7-11-25(12-8-16)19(27)15-26-18-13-17(22)14-23-20(18)29-21(26)28/h3,13-14,16H,1,4-12,15H2,2H3. The molecule has 1 amide bonds. The van der Waals surface area contributed by atoms with Crippen LogP contribution in [0.25, 0.3) is 10.3 Å². The third-order valence-corrected chi connectivity index (χ3v) is 6.93. The number of pyridine rings is 1. The summed E-state index contributed by atoms with van der Waals surface area (Å²) in [5, 5.41) is 0. The number of hydrogen-bond acceptors (Lipinski definition) is 5. The molecule has 0 spiro atoms. The minimum absolute atomic E-state index is 0.0243. The van der Waals surface area contributed by atoms with E-state index in [1.165, 1.54) is 19.3 Å². The number of amides is 1. The van der Waals surface area contributed by atoms with Crippen molar-refractivity contribution in [3.05, 3.63) is 39.1 Å². The number of likely N-dealkylation sites (tertiary alicyclic amines) is 1. The lowest BCUT2D eigenvalue weighted by Crippen LogP contribution is -2.41. The summed E-state index contributed by atoms with van der Waals surface area (Å²) in [5.41, 5.74) is 0.721. The van der Waals surface area contributed by atoms with Crippen LogP contribution >= 0.6 is 27.3 Å². The molecule has 0 atom stereocenters. The number of thiazole rings is 1. The lowest BCUT2D eigenvalue weighted by atomic mass is 9.91. The number of aromatic nitrogens is 2. The van der Waals surface area contributed by atoms with E-state index in [-0.39, 0.29) is 17.3 Å². The number of carbonyl (C=O) groups excluding carboxylic acids is 1. The first-order valence-corrected chi connectivity index (χ1v) is 11.8. The third kappa shape index (κ3) is 5.99. The first kappa shape index (κ1) is 22.2. The molecule has 1 aliphatic rings. The van der Waals surface area contributed by atoms with Gasteiger partial charge in [-0.3, -0.25) is 14.2 Å². The highest BCUT2D eigenvalue weighted by molar-refractivity contribution is 9.10. The summed E-state index contributed by atoms with van der Waals surface area (Å²) >= 11 is 4.48. The van der Waals surface area contributed by atoms with E-state index >= 15 is 0 Å². The summed E-state index contributed by atoms with van der Waals surface area (Å²) in [7, 11) is 2.13. The molecule has 2 aromatic heterocycles. The van der Waals surface area contributed by atoms with Crippen LogP contribution in [0.1, 0.15) is 32.1 Å². The Hall–Kier alpha value is -1.51. The molecule has 0 N–H and O–H groups in total. The molecule has 3 heterocycles. The van der Waals surface area contributed by atoms with Crippen molar-refractivity contribution in [2.45, 2.75) is 38.6 Å². The Balaban J connectivity index is 1.46. The zero-order chi connectivity index (χ0) is 20.8. The molecular formula is C21H29BrN4O2S. The first-order valence-electron chi connectivity index (χ1n) is 10.2. The third-order valence-electron chi connectivity index (χ3n) is 5.60. The maximum absolute atomic E-state index is 12.8. The summed E-state index contributed by atoms with van der Waals surface area (Å²) in [6, 6.07) is 1.85. The molecule has 8 heteroatoms. The van der Waals surface area contributed by atoms with Crippen LogP contribution in [0.5, 0.6) is 0 Å². The summed E-state index contributed by atoms with van der Waals surface area (Å²) in [4.78, 5) is 34.1. The molecule has 0 radical (unpaired) electrons. The van der Waals surface area contributed by atoms with Crippen molar-refractivity contribution in [1.29, 1.82) is 0 Å². The van der Waals surface area contributed by atoms with Gasteiger partial charge in [-0.2, -0.15) is 0 Å². The average Bonchev–Trinajstić information content (AvgIpc) is 3.00. The van der Waals surface area contributed by atoms with E-state index in [1.807, 2.05) is 17.0 Å². The van der Waals surface area contributed by atoms with Gasteiger partial charge in [-0.1, -0.05) is 30.3 Å². The van der Waals surface area contributed by atoms with Crippen LogP contribution in [0.15, 0.2) is 34.2 Å². The predicted molar refractivity (Wildman–Crippen MR) is 122 cm³/mol. The van der Waals surface area contributed by atoms with Crippen molar-refractivity contribution < 1.29 is 4.79 Å². The highest BCUT2D eigenvalue weighted by Gasteiger charge is 2.23. The summed E-state index contributed by atoms with van der Waals surface area (Å²) in [6.45, 7) is 7.50. The van der Waals surface area contributed by atoms with Gasteiger partial charge in [0.2, 0.25) is 5.91 Å². The smallest absolute Gasteiger partial charge is 0.310 e. The average molecular weight is 481 g/mol. The molecule has 0 aliphatic carbocycles. The zero-order valence-corrected chi connectivity index (χ0v) is 19.4. The quantitative estimate of drug-likeness (QED) is 0.405. The van der Waals surface area contributed by atoms with Crippen LogP contribution in [0.4, 0.5) is 0 Å². The molecule has 158 valence electrons. The normalized spacial score (nSPS) is 15.3. The highest BCUT2D eigenvalue weighted by atomic mass is 79.9. The lowest BCUT2D eigenvalue weighted by molar-refractivity contribution is -0.133. The van der Waals surface area contributed by atoms with Gasteiger partial charge < -0.3 is 9.80 Å². The van der Waals surface area contributed by atoms with E-state index in [4.69, 9.17) is 0 Å². The minimum atomic E-state index is -0.129. The largest absolute Gasteiger partial charge is 0.341 e. The van der Waals surface area contributed by atoms with Gasteiger partial charge in [0.1, 0.15) is 11.4 Å². The number of nitrogens with zero attached hydrogens (tertiary/aromatic N) is 4. The Labute approximate surface area is 184 Å². The van der Waals surface area contributed by atoms with E-state index in [1.54, 1.807) is 10.8 Å².